The van der Waals surface area contributed by atoms with E-state index in [9.17, 15) is 8.42 Å². The van der Waals surface area contributed by atoms with Crippen molar-refractivity contribution < 1.29 is 8.42 Å². The van der Waals surface area contributed by atoms with Crippen LogP contribution in [0.5, 0.6) is 0 Å². The third kappa shape index (κ3) is 7.98. The third-order valence-electron chi connectivity index (χ3n) is 2.52. The van der Waals surface area contributed by atoms with E-state index in [1.165, 1.54) is 11.3 Å². The van der Waals surface area contributed by atoms with Crippen LogP contribution in [0.2, 0.25) is 0 Å². The van der Waals surface area contributed by atoms with Gasteiger partial charge in [0.2, 0.25) is 10.0 Å². The Kier molecular flexibility index (Phi) is 11.0. The fourth-order valence-corrected chi connectivity index (χ4v) is 3.53. The number of rotatable bonds is 8. The van der Waals surface area contributed by atoms with E-state index < -0.39 is 10.0 Å². The Labute approximate surface area is 147 Å². The minimum atomic E-state index is -3.37. The summed E-state index contributed by atoms with van der Waals surface area (Å²) in [6.07, 6.45) is 2.19. The van der Waals surface area contributed by atoms with Crippen LogP contribution in [-0.2, 0) is 10.0 Å². The van der Waals surface area contributed by atoms with Gasteiger partial charge in [-0.15, -0.1) is 35.3 Å². The Hall–Kier alpha value is -0.390. The Morgan fingerprint density at radius 2 is 2.00 bits per heavy atom. The molecule has 0 aliphatic carbocycles. The standard InChI is InChI=1S/C12H22N4O2S2.HI/c1-3-4-7-14-12(13-2)15-8-9-16-20(17,18)11-6-5-10-19-11;/h5-6,10,16H,3-4,7-9H2,1-2H3,(H2,13,14,15);1H. The molecular weight excluding hydrogens is 423 g/mol. The molecule has 0 atom stereocenters. The van der Waals surface area contributed by atoms with Crippen molar-refractivity contribution in [1.82, 2.24) is 15.4 Å². The Morgan fingerprint density at radius 3 is 2.57 bits per heavy atom. The Balaban J connectivity index is 0.00000400. The first-order valence-electron chi connectivity index (χ1n) is 6.58. The van der Waals surface area contributed by atoms with E-state index in [1.807, 2.05) is 0 Å². The zero-order valence-corrected chi connectivity index (χ0v) is 16.2. The maximum Gasteiger partial charge on any atom is 0.250 e. The van der Waals surface area contributed by atoms with Gasteiger partial charge in [-0.3, -0.25) is 4.99 Å². The van der Waals surface area contributed by atoms with E-state index in [2.05, 4.69) is 27.3 Å². The number of unbranched alkanes of at least 4 members (excludes halogenated alkanes) is 1. The van der Waals surface area contributed by atoms with Gasteiger partial charge in [0.05, 0.1) is 0 Å². The van der Waals surface area contributed by atoms with Crippen molar-refractivity contribution in [2.45, 2.75) is 24.0 Å². The number of aliphatic imine (C=N–C) groups is 1. The third-order valence-corrected chi connectivity index (χ3v) is 5.37. The number of sulfonamides is 1. The molecule has 6 nitrogen and oxygen atoms in total. The zero-order chi connectivity index (χ0) is 14.8. The predicted molar refractivity (Wildman–Crippen MR) is 99.2 cm³/mol. The van der Waals surface area contributed by atoms with Gasteiger partial charge in [0.25, 0.3) is 0 Å². The number of halogens is 1. The van der Waals surface area contributed by atoms with Gasteiger partial charge in [0, 0.05) is 26.7 Å². The number of hydrogen-bond acceptors (Lipinski definition) is 4. The van der Waals surface area contributed by atoms with Gasteiger partial charge in [0.15, 0.2) is 5.96 Å². The number of nitrogens with one attached hydrogen (secondary N) is 3. The molecule has 0 radical (unpaired) electrons. The molecule has 0 unspecified atom stereocenters. The molecule has 1 heterocycles. The highest BCUT2D eigenvalue weighted by molar-refractivity contribution is 14.0. The van der Waals surface area contributed by atoms with Crippen molar-refractivity contribution in [3.63, 3.8) is 0 Å². The van der Waals surface area contributed by atoms with Crippen LogP contribution in [0.1, 0.15) is 19.8 Å². The zero-order valence-electron chi connectivity index (χ0n) is 12.3. The second kappa shape index (κ2) is 11.2. The molecule has 0 fully saturated rings. The summed E-state index contributed by atoms with van der Waals surface area (Å²) < 4.78 is 26.6. The van der Waals surface area contributed by atoms with Crippen LogP contribution in [0.4, 0.5) is 0 Å². The van der Waals surface area contributed by atoms with Gasteiger partial charge in [-0.25, -0.2) is 13.1 Å². The van der Waals surface area contributed by atoms with E-state index in [-0.39, 0.29) is 24.0 Å². The molecule has 1 aromatic rings. The molecule has 0 spiro atoms. The molecule has 0 aromatic carbocycles. The summed E-state index contributed by atoms with van der Waals surface area (Å²) in [5.41, 5.74) is 0. The molecule has 21 heavy (non-hydrogen) atoms. The smallest absolute Gasteiger partial charge is 0.250 e. The quantitative estimate of drug-likeness (QED) is 0.245. The fraction of sp³-hybridized carbons (Fsp3) is 0.583. The lowest BCUT2D eigenvalue weighted by Crippen LogP contribution is -2.41. The predicted octanol–water partition coefficient (Wildman–Crippen LogP) is 1.61. The van der Waals surface area contributed by atoms with E-state index in [4.69, 9.17) is 0 Å². The Bertz CT molecular complexity index is 503. The number of guanidine groups is 1. The van der Waals surface area contributed by atoms with Crippen LogP contribution in [0.25, 0.3) is 0 Å². The normalized spacial score (nSPS) is 11.8. The summed E-state index contributed by atoms with van der Waals surface area (Å²) in [6.45, 7) is 3.78. The molecule has 9 heteroatoms. The van der Waals surface area contributed by atoms with Gasteiger partial charge >= 0.3 is 0 Å². The lowest BCUT2D eigenvalue weighted by atomic mass is 10.3. The van der Waals surface area contributed by atoms with E-state index in [0.29, 0.717) is 23.3 Å². The van der Waals surface area contributed by atoms with Crippen molar-refractivity contribution in [2.24, 2.45) is 4.99 Å². The molecule has 1 aromatic heterocycles. The summed E-state index contributed by atoms with van der Waals surface area (Å²) in [7, 11) is -1.68. The number of thiophene rings is 1. The average molecular weight is 446 g/mol. The number of hydrogen-bond donors (Lipinski definition) is 3. The second-order valence-electron chi connectivity index (χ2n) is 4.11. The van der Waals surface area contributed by atoms with Crippen LogP contribution in [0, 0.1) is 0 Å². The minimum absolute atomic E-state index is 0. The summed E-state index contributed by atoms with van der Waals surface area (Å²) >= 11 is 1.21. The van der Waals surface area contributed by atoms with Crippen molar-refractivity contribution in [2.75, 3.05) is 26.7 Å². The van der Waals surface area contributed by atoms with Crippen LogP contribution in [-0.4, -0.2) is 41.1 Å². The first-order valence-corrected chi connectivity index (χ1v) is 8.94. The Morgan fingerprint density at radius 1 is 1.29 bits per heavy atom. The molecule has 0 bridgehead atoms. The van der Waals surface area contributed by atoms with Gasteiger partial charge < -0.3 is 10.6 Å². The van der Waals surface area contributed by atoms with E-state index >= 15 is 0 Å². The van der Waals surface area contributed by atoms with E-state index in [1.54, 1.807) is 24.6 Å². The van der Waals surface area contributed by atoms with Gasteiger partial charge in [0.1, 0.15) is 4.21 Å². The number of nitrogens with zero attached hydrogens (tertiary/aromatic N) is 1. The largest absolute Gasteiger partial charge is 0.356 e. The molecule has 122 valence electrons. The van der Waals surface area contributed by atoms with Crippen molar-refractivity contribution in [3.05, 3.63) is 17.5 Å². The van der Waals surface area contributed by atoms with E-state index in [0.717, 1.165) is 19.4 Å². The highest BCUT2D eigenvalue weighted by Crippen LogP contribution is 2.14. The molecule has 0 aliphatic heterocycles. The fourth-order valence-electron chi connectivity index (χ4n) is 1.46. The summed E-state index contributed by atoms with van der Waals surface area (Å²) in [5.74, 6) is 0.689. The molecule has 0 saturated heterocycles. The van der Waals surface area contributed by atoms with Gasteiger partial charge in [-0.2, -0.15) is 0 Å². The average Bonchev–Trinajstić information content (AvgIpc) is 2.96. The first kappa shape index (κ1) is 20.6. The van der Waals surface area contributed by atoms with Crippen LogP contribution >= 0.6 is 35.3 Å². The minimum Gasteiger partial charge on any atom is -0.356 e. The molecule has 3 N–H and O–H groups in total. The highest BCUT2D eigenvalue weighted by Gasteiger charge is 2.13. The SMILES string of the molecule is CCCCNC(=NC)NCCNS(=O)(=O)c1cccs1.I. The topological polar surface area (TPSA) is 82.6 Å². The van der Waals surface area contributed by atoms with Crippen LogP contribution in [0.15, 0.2) is 26.7 Å². The molecule has 0 aliphatic rings. The monoisotopic (exact) mass is 446 g/mol. The van der Waals surface area contributed by atoms with Crippen LogP contribution in [0.3, 0.4) is 0 Å². The summed E-state index contributed by atoms with van der Waals surface area (Å²) in [6, 6.07) is 3.31. The first-order chi connectivity index (χ1) is 9.60. The van der Waals surface area contributed by atoms with Gasteiger partial charge in [-0.05, 0) is 17.9 Å². The van der Waals surface area contributed by atoms with Crippen molar-refractivity contribution in [1.29, 1.82) is 0 Å². The summed E-state index contributed by atoms with van der Waals surface area (Å²) in [4.78, 5) is 4.06. The van der Waals surface area contributed by atoms with Crippen molar-refractivity contribution >= 4 is 51.3 Å². The summed E-state index contributed by atoms with van der Waals surface area (Å²) in [5, 5.41) is 7.96. The molecule has 0 amide bonds. The molecule has 1 rings (SSSR count). The van der Waals surface area contributed by atoms with Gasteiger partial charge in [-0.1, -0.05) is 19.4 Å². The lowest BCUT2D eigenvalue weighted by molar-refractivity contribution is 0.582. The second-order valence-corrected chi connectivity index (χ2v) is 7.05. The van der Waals surface area contributed by atoms with Crippen LogP contribution < -0.4 is 15.4 Å². The maximum absolute atomic E-state index is 11.8. The molecule has 0 saturated carbocycles. The maximum atomic E-state index is 11.8. The molecular formula is C12H23IN4O2S2. The van der Waals surface area contributed by atoms with Crippen molar-refractivity contribution in [3.8, 4) is 0 Å². The lowest BCUT2D eigenvalue weighted by Gasteiger charge is -2.11. The highest BCUT2D eigenvalue weighted by atomic mass is 127.